The lowest BCUT2D eigenvalue weighted by molar-refractivity contribution is 0.112. The maximum Gasteiger partial charge on any atom is 0.231 e. The molecule has 5 nitrogen and oxygen atoms in total. The second kappa shape index (κ2) is 20.4. The maximum atomic E-state index is 11.8. The first-order chi connectivity index (χ1) is 27.5. The van der Waals surface area contributed by atoms with Gasteiger partial charge in [-0.2, -0.15) is 0 Å². The van der Waals surface area contributed by atoms with Gasteiger partial charge in [0, 0.05) is 26.4 Å². The zero-order valence-corrected chi connectivity index (χ0v) is 33.8. The van der Waals surface area contributed by atoms with Crippen LogP contribution in [-0.4, -0.2) is 26.3 Å². The van der Waals surface area contributed by atoms with Crippen molar-refractivity contribution in [2.75, 3.05) is 20.0 Å². The lowest BCUT2D eigenvalue weighted by Crippen LogP contribution is -2.01. The quantitative estimate of drug-likeness (QED) is 0.0619. The Morgan fingerprint density at radius 3 is 1.61 bits per heavy atom. The van der Waals surface area contributed by atoms with E-state index in [0.717, 1.165) is 117 Å². The molecule has 0 unspecified atom stereocenters. The van der Waals surface area contributed by atoms with Crippen molar-refractivity contribution in [2.45, 2.75) is 66.2 Å². The molecule has 56 heavy (non-hydrogen) atoms. The van der Waals surface area contributed by atoms with Crippen LogP contribution >= 0.6 is 11.3 Å². The lowest BCUT2D eigenvalue weighted by atomic mass is 9.93. The molecule has 6 rings (SSSR count). The van der Waals surface area contributed by atoms with Gasteiger partial charge in [0.15, 0.2) is 11.5 Å². The van der Waals surface area contributed by atoms with Gasteiger partial charge in [-0.1, -0.05) is 107 Å². The van der Waals surface area contributed by atoms with Gasteiger partial charge in [0.1, 0.15) is 17.8 Å². The summed E-state index contributed by atoms with van der Waals surface area (Å²) in [6.07, 6.45) is 23.8. The third-order valence-electron chi connectivity index (χ3n) is 9.39. The van der Waals surface area contributed by atoms with E-state index >= 15 is 0 Å². The Hall–Kier alpha value is -5.59. The minimum absolute atomic E-state index is 0.274. The summed E-state index contributed by atoms with van der Waals surface area (Å²) in [6, 6.07) is 27.3. The normalized spacial score (nSPS) is 12.5. The molecule has 6 heteroatoms. The average molecular weight is 765 g/mol. The molecular formula is C50H52O5S. The van der Waals surface area contributed by atoms with Gasteiger partial charge in [0.25, 0.3) is 0 Å². The maximum absolute atomic E-state index is 11.8. The minimum Gasteiger partial charge on any atom is -0.493 e. The first-order valence-corrected chi connectivity index (χ1v) is 20.7. The number of aryl methyl sites for hydroxylation is 2. The Kier molecular flexibility index (Phi) is 14.6. The molecule has 0 spiro atoms. The number of benzene rings is 4. The molecule has 0 atom stereocenters. The lowest BCUT2D eigenvalue weighted by Gasteiger charge is -2.15. The van der Waals surface area contributed by atoms with Crippen LogP contribution in [0.4, 0.5) is 0 Å². The number of hydrogen-bond donors (Lipinski definition) is 0. The van der Waals surface area contributed by atoms with Crippen molar-refractivity contribution in [3.05, 3.63) is 139 Å². The van der Waals surface area contributed by atoms with E-state index < -0.39 is 0 Å². The Morgan fingerprint density at radius 1 is 0.518 bits per heavy atom. The number of hydrogen-bond acceptors (Lipinski definition) is 6. The summed E-state index contributed by atoms with van der Waals surface area (Å²) < 4.78 is 23.6. The molecule has 4 aromatic carbocycles. The van der Waals surface area contributed by atoms with Crippen molar-refractivity contribution in [2.24, 2.45) is 0 Å². The smallest absolute Gasteiger partial charge is 0.231 e. The molecule has 0 fully saturated rings. The van der Waals surface area contributed by atoms with E-state index in [2.05, 4.69) is 137 Å². The highest BCUT2D eigenvalue weighted by atomic mass is 32.1. The van der Waals surface area contributed by atoms with Crippen LogP contribution in [0.2, 0.25) is 0 Å². The average Bonchev–Trinajstić information content (AvgIpc) is 3.90. The second-order valence-electron chi connectivity index (χ2n) is 13.8. The highest BCUT2D eigenvalue weighted by Crippen LogP contribution is 2.35. The number of thiophene rings is 1. The number of carbonyl (C=O) groups is 1. The number of carbonyl (C=O) groups excluding carboxylic acids is 1. The zero-order chi connectivity index (χ0) is 39.1. The molecule has 1 aliphatic heterocycles. The van der Waals surface area contributed by atoms with Crippen LogP contribution in [0.3, 0.4) is 0 Å². The van der Waals surface area contributed by atoms with Crippen molar-refractivity contribution in [1.29, 1.82) is 0 Å². The fourth-order valence-corrected chi connectivity index (χ4v) is 7.31. The Labute approximate surface area is 336 Å². The van der Waals surface area contributed by atoms with E-state index in [-0.39, 0.29) is 6.79 Å². The summed E-state index contributed by atoms with van der Waals surface area (Å²) in [7, 11) is 0. The van der Waals surface area contributed by atoms with Gasteiger partial charge in [-0.05, 0) is 120 Å². The van der Waals surface area contributed by atoms with Crippen LogP contribution in [0, 0.1) is 0 Å². The summed E-state index contributed by atoms with van der Waals surface area (Å²) in [5.41, 5.74) is 9.59. The van der Waals surface area contributed by atoms with Gasteiger partial charge in [0.05, 0.1) is 13.2 Å². The van der Waals surface area contributed by atoms with Gasteiger partial charge in [-0.25, -0.2) is 0 Å². The highest BCUT2D eigenvalue weighted by Gasteiger charge is 2.13. The first kappa shape index (κ1) is 40.1. The van der Waals surface area contributed by atoms with E-state index in [9.17, 15) is 4.79 Å². The van der Waals surface area contributed by atoms with E-state index in [1.54, 1.807) is 11.3 Å². The first-order valence-electron chi connectivity index (χ1n) is 19.9. The summed E-state index contributed by atoms with van der Waals surface area (Å²) in [5.74, 6) is 3.23. The van der Waals surface area contributed by atoms with Crippen LogP contribution in [0.5, 0.6) is 23.0 Å². The molecule has 0 saturated carbocycles. The minimum atomic E-state index is 0.274. The molecular weight excluding hydrogens is 713 g/mol. The number of aldehydes is 1. The highest BCUT2D eigenvalue weighted by molar-refractivity contribution is 7.13. The Balaban J connectivity index is 1.19. The molecule has 1 aliphatic rings. The second-order valence-corrected chi connectivity index (χ2v) is 15.0. The third kappa shape index (κ3) is 10.8. The Bertz CT molecular complexity index is 2200. The molecule has 0 aliphatic carbocycles. The van der Waals surface area contributed by atoms with Gasteiger partial charge in [-0.15, -0.1) is 11.3 Å². The van der Waals surface area contributed by atoms with Crippen LogP contribution < -0.4 is 18.9 Å². The van der Waals surface area contributed by atoms with E-state index in [0.29, 0.717) is 13.2 Å². The zero-order valence-electron chi connectivity index (χ0n) is 33.0. The molecule has 0 bridgehead atoms. The molecule has 5 aromatic rings. The molecule has 0 saturated heterocycles. The van der Waals surface area contributed by atoms with Crippen LogP contribution in [-0.2, 0) is 12.8 Å². The molecule has 0 amide bonds. The van der Waals surface area contributed by atoms with Crippen molar-refractivity contribution in [1.82, 2.24) is 0 Å². The standard InChI is InChI=1S/C50H52O5S/c1-5-9-39-31-44(34-51)40(10-6-2)30-41(39)19-15-36-11-13-37(14-12-36)16-20-42-32-49(53-28-8-4)43(33-48(42)52-27-7-3)21-23-46-25-24-45(56-46)22-17-38-18-26-47-50(29-38)55-35-54-47/h11-26,29-34H,5-10,27-28,35H2,1-4H3/b19-15+,20-16+,22-17+,23-21+. The van der Waals surface area contributed by atoms with Crippen molar-refractivity contribution < 1.29 is 23.7 Å². The third-order valence-corrected chi connectivity index (χ3v) is 10.4. The molecule has 288 valence electrons. The number of ether oxygens (including phenoxy) is 4. The van der Waals surface area contributed by atoms with Crippen LogP contribution in [0.25, 0.3) is 48.6 Å². The topological polar surface area (TPSA) is 54.0 Å². The van der Waals surface area contributed by atoms with Crippen molar-refractivity contribution >= 4 is 66.2 Å². The van der Waals surface area contributed by atoms with Gasteiger partial charge < -0.3 is 18.9 Å². The summed E-state index contributed by atoms with van der Waals surface area (Å²) in [6.45, 7) is 10.1. The summed E-state index contributed by atoms with van der Waals surface area (Å²) in [5, 5.41) is 0. The fraction of sp³-hybridized carbons (Fsp3) is 0.260. The molecule has 1 aromatic heterocycles. The monoisotopic (exact) mass is 764 g/mol. The summed E-state index contributed by atoms with van der Waals surface area (Å²) >= 11 is 1.73. The van der Waals surface area contributed by atoms with E-state index in [4.69, 9.17) is 18.9 Å². The number of rotatable bonds is 19. The van der Waals surface area contributed by atoms with E-state index in [1.807, 2.05) is 18.2 Å². The fourth-order valence-electron chi connectivity index (χ4n) is 6.49. The number of fused-ring (bicyclic) bond motifs is 1. The van der Waals surface area contributed by atoms with Crippen LogP contribution in [0.15, 0.2) is 78.9 Å². The van der Waals surface area contributed by atoms with Gasteiger partial charge in [0.2, 0.25) is 6.79 Å². The summed E-state index contributed by atoms with van der Waals surface area (Å²) in [4.78, 5) is 14.1. The van der Waals surface area contributed by atoms with Crippen LogP contribution in [0.1, 0.15) is 118 Å². The Morgan fingerprint density at radius 2 is 1.02 bits per heavy atom. The molecule has 0 radical (unpaired) electrons. The SMILES string of the molecule is CCCOc1cc(/C=C/c2ccc(/C=C/c3ccc4c(c3)OCO4)s2)c(OCCC)cc1/C=C/c1ccc(/C=C/c2cc(CCC)c(C=O)cc2CCC)cc1. The molecule has 2 heterocycles. The van der Waals surface area contributed by atoms with Gasteiger partial charge >= 0.3 is 0 Å². The largest absolute Gasteiger partial charge is 0.493 e. The predicted molar refractivity (Wildman–Crippen MR) is 237 cm³/mol. The van der Waals surface area contributed by atoms with Gasteiger partial charge in [-0.3, -0.25) is 4.79 Å². The predicted octanol–water partition coefficient (Wildman–Crippen LogP) is 13.5. The molecule has 0 N–H and O–H groups in total. The van der Waals surface area contributed by atoms with Crippen molar-refractivity contribution in [3.8, 4) is 23.0 Å². The van der Waals surface area contributed by atoms with E-state index in [1.165, 1.54) is 11.1 Å². The van der Waals surface area contributed by atoms with Crippen molar-refractivity contribution in [3.63, 3.8) is 0 Å².